The van der Waals surface area contributed by atoms with E-state index >= 15 is 0 Å². The van der Waals surface area contributed by atoms with Gasteiger partial charge in [0.2, 0.25) is 5.91 Å². The molecule has 3 heteroatoms. The molecule has 0 spiro atoms. The maximum Gasteiger partial charge on any atom is 0.222 e. The van der Waals surface area contributed by atoms with Crippen LogP contribution >= 0.6 is 15.9 Å². The summed E-state index contributed by atoms with van der Waals surface area (Å²) in [5.41, 5.74) is 0. The van der Waals surface area contributed by atoms with Crippen molar-refractivity contribution in [1.82, 2.24) is 4.90 Å². The largest absolute Gasteiger partial charge is 0.342 e. The van der Waals surface area contributed by atoms with E-state index in [0.29, 0.717) is 16.8 Å². The van der Waals surface area contributed by atoms with Gasteiger partial charge in [0.15, 0.2) is 0 Å². The average Bonchev–Trinajstić information content (AvgIpc) is 2.45. The summed E-state index contributed by atoms with van der Waals surface area (Å²) in [6.07, 6.45) is 13.7. The Morgan fingerprint density at radius 3 is 2.37 bits per heavy atom. The molecule has 2 rings (SSSR count). The van der Waals surface area contributed by atoms with Crippen molar-refractivity contribution in [2.45, 2.75) is 81.5 Å². The van der Waals surface area contributed by atoms with Crippen LogP contribution in [0.4, 0.5) is 0 Å². The minimum Gasteiger partial charge on any atom is -0.342 e. The summed E-state index contributed by atoms with van der Waals surface area (Å²) in [7, 11) is 2.01. The number of hydrogen-bond donors (Lipinski definition) is 0. The molecule has 0 radical (unpaired) electrons. The van der Waals surface area contributed by atoms with Gasteiger partial charge < -0.3 is 4.90 Å². The van der Waals surface area contributed by atoms with Crippen molar-refractivity contribution in [3.8, 4) is 0 Å². The van der Waals surface area contributed by atoms with Crippen LogP contribution in [0.5, 0.6) is 0 Å². The van der Waals surface area contributed by atoms with E-state index in [4.69, 9.17) is 0 Å². The van der Waals surface area contributed by atoms with Crippen molar-refractivity contribution in [3.05, 3.63) is 0 Å². The number of rotatable bonds is 4. The monoisotopic (exact) mass is 329 g/mol. The maximum atomic E-state index is 12.3. The van der Waals surface area contributed by atoms with Crippen LogP contribution in [0.2, 0.25) is 0 Å². The van der Waals surface area contributed by atoms with E-state index in [0.717, 1.165) is 18.8 Å². The van der Waals surface area contributed by atoms with Gasteiger partial charge in [-0.15, -0.1) is 0 Å². The molecule has 2 atom stereocenters. The molecule has 2 aliphatic rings. The zero-order valence-corrected chi connectivity index (χ0v) is 13.8. The van der Waals surface area contributed by atoms with Gasteiger partial charge in [-0.2, -0.15) is 0 Å². The normalized spacial score (nSPS) is 29.2. The Balaban J connectivity index is 1.74. The Bertz CT molecular complexity index is 288. The molecule has 0 N–H and O–H groups in total. The fraction of sp³-hybridized carbons (Fsp3) is 0.938. The van der Waals surface area contributed by atoms with Crippen LogP contribution in [0, 0.1) is 5.92 Å². The third-order valence-corrected chi connectivity index (χ3v) is 6.10. The van der Waals surface area contributed by atoms with Gasteiger partial charge in [-0.05, 0) is 25.2 Å². The van der Waals surface area contributed by atoms with E-state index in [-0.39, 0.29) is 0 Å². The SMILES string of the molecule is CN(C(=O)CCC1CCCCC1)C1CCCCC1Br. The van der Waals surface area contributed by atoms with E-state index < -0.39 is 0 Å². The van der Waals surface area contributed by atoms with Gasteiger partial charge in [-0.1, -0.05) is 60.9 Å². The summed E-state index contributed by atoms with van der Waals surface area (Å²) in [5, 5.41) is 0. The molecule has 0 saturated heterocycles. The molecular weight excluding hydrogens is 302 g/mol. The van der Waals surface area contributed by atoms with Crippen molar-refractivity contribution >= 4 is 21.8 Å². The van der Waals surface area contributed by atoms with E-state index in [1.165, 1.54) is 57.8 Å². The lowest BCUT2D eigenvalue weighted by Gasteiger charge is -2.35. The van der Waals surface area contributed by atoms with Crippen LogP contribution in [0.3, 0.4) is 0 Å². The summed E-state index contributed by atoms with van der Waals surface area (Å²) in [6.45, 7) is 0. The second-order valence-corrected chi connectivity index (χ2v) is 7.59. The Labute approximate surface area is 126 Å². The first-order chi connectivity index (χ1) is 9.18. The average molecular weight is 330 g/mol. The first kappa shape index (κ1) is 15.3. The molecule has 1 amide bonds. The second-order valence-electron chi connectivity index (χ2n) is 6.42. The van der Waals surface area contributed by atoms with E-state index in [2.05, 4.69) is 15.9 Å². The molecule has 2 fully saturated rings. The molecular formula is C16H28BrNO. The molecule has 0 aromatic rings. The van der Waals surface area contributed by atoms with Crippen molar-refractivity contribution in [2.24, 2.45) is 5.92 Å². The van der Waals surface area contributed by atoms with Gasteiger partial charge in [0.05, 0.1) is 0 Å². The standard InChI is InChI=1S/C16H28BrNO/c1-18(15-10-6-5-9-14(15)17)16(19)12-11-13-7-3-2-4-8-13/h13-15H,2-12H2,1H3. The number of carbonyl (C=O) groups excluding carboxylic acids is 1. The van der Waals surface area contributed by atoms with Gasteiger partial charge in [-0.25, -0.2) is 0 Å². The number of carbonyl (C=O) groups is 1. The summed E-state index contributed by atoms with van der Waals surface area (Å²) in [6, 6.07) is 0.424. The van der Waals surface area contributed by atoms with Gasteiger partial charge in [0.25, 0.3) is 0 Å². The van der Waals surface area contributed by atoms with Crippen molar-refractivity contribution < 1.29 is 4.79 Å². The summed E-state index contributed by atoms with van der Waals surface area (Å²) < 4.78 is 0. The minimum atomic E-state index is 0.363. The van der Waals surface area contributed by atoms with Crippen LogP contribution in [-0.2, 0) is 4.79 Å². The molecule has 0 aromatic heterocycles. The van der Waals surface area contributed by atoms with E-state index in [1.54, 1.807) is 0 Å². The topological polar surface area (TPSA) is 20.3 Å². The van der Waals surface area contributed by atoms with Gasteiger partial charge in [0.1, 0.15) is 0 Å². The number of hydrogen-bond acceptors (Lipinski definition) is 1. The number of halogens is 1. The third kappa shape index (κ3) is 4.47. The van der Waals surface area contributed by atoms with Crippen LogP contribution < -0.4 is 0 Å². The Hall–Kier alpha value is -0.0500. The predicted molar refractivity (Wildman–Crippen MR) is 83.6 cm³/mol. The predicted octanol–water partition coefficient (Wildman–Crippen LogP) is 4.51. The highest BCUT2D eigenvalue weighted by Gasteiger charge is 2.29. The molecule has 2 saturated carbocycles. The zero-order valence-electron chi connectivity index (χ0n) is 12.2. The van der Waals surface area contributed by atoms with Gasteiger partial charge >= 0.3 is 0 Å². The van der Waals surface area contributed by atoms with Crippen LogP contribution in [0.25, 0.3) is 0 Å². The number of alkyl halides is 1. The quantitative estimate of drug-likeness (QED) is 0.695. The smallest absolute Gasteiger partial charge is 0.222 e. The van der Waals surface area contributed by atoms with Crippen molar-refractivity contribution in [2.75, 3.05) is 7.05 Å². The summed E-state index contributed by atoms with van der Waals surface area (Å²) in [5.74, 6) is 1.18. The molecule has 2 aliphatic carbocycles. The lowest BCUT2D eigenvalue weighted by Crippen LogP contribution is -2.44. The molecule has 2 unspecified atom stereocenters. The zero-order chi connectivity index (χ0) is 13.7. The first-order valence-corrected chi connectivity index (χ1v) is 9.00. The highest BCUT2D eigenvalue weighted by molar-refractivity contribution is 9.09. The summed E-state index contributed by atoms with van der Waals surface area (Å²) in [4.78, 5) is 14.9. The molecule has 0 aromatic carbocycles. The van der Waals surface area contributed by atoms with Crippen molar-refractivity contribution in [3.63, 3.8) is 0 Å². The van der Waals surface area contributed by atoms with Gasteiger partial charge in [0, 0.05) is 24.3 Å². The highest BCUT2D eigenvalue weighted by atomic mass is 79.9. The third-order valence-electron chi connectivity index (χ3n) is 5.03. The lowest BCUT2D eigenvalue weighted by atomic mass is 9.86. The van der Waals surface area contributed by atoms with Crippen LogP contribution in [0.1, 0.15) is 70.6 Å². The number of amides is 1. The molecule has 110 valence electrons. The Kier molecular flexibility index (Phi) is 6.18. The molecule has 2 nitrogen and oxygen atoms in total. The molecule has 0 heterocycles. The highest BCUT2D eigenvalue weighted by Crippen LogP contribution is 2.30. The van der Waals surface area contributed by atoms with Crippen LogP contribution in [0.15, 0.2) is 0 Å². The maximum absolute atomic E-state index is 12.3. The Morgan fingerprint density at radius 1 is 1.05 bits per heavy atom. The van der Waals surface area contributed by atoms with E-state index in [9.17, 15) is 4.79 Å². The minimum absolute atomic E-state index is 0.363. The number of nitrogens with zero attached hydrogens (tertiary/aromatic N) is 1. The fourth-order valence-corrected chi connectivity index (χ4v) is 4.61. The molecule has 0 bridgehead atoms. The van der Waals surface area contributed by atoms with Crippen LogP contribution in [-0.4, -0.2) is 28.7 Å². The van der Waals surface area contributed by atoms with E-state index in [1.807, 2.05) is 11.9 Å². The Morgan fingerprint density at radius 2 is 1.68 bits per heavy atom. The molecule has 19 heavy (non-hydrogen) atoms. The summed E-state index contributed by atoms with van der Waals surface area (Å²) >= 11 is 3.76. The lowest BCUT2D eigenvalue weighted by molar-refractivity contribution is -0.132. The van der Waals surface area contributed by atoms with Gasteiger partial charge in [-0.3, -0.25) is 4.79 Å². The second kappa shape index (κ2) is 7.66. The van der Waals surface area contributed by atoms with Crippen molar-refractivity contribution in [1.29, 1.82) is 0 Å². The molecule has 0 aliphatic heterocycles. The first-order valence-electron chi connectivity index (χ1n) is 8.08. The fourth-order valence-electron chi connectivity index (χ4n) is 3.67.